The number of hydrogen-bond acceptors (Lipinski definition) is 3. The number of anilines is 1. The van der Waals surface area contributed by atoms with Crippen molar-refractivity contribution in [3.8, 4) is 5.75 Å². The molecular formula is C19H21Cl2N3O2. The molecule has 0 saturated carbocycles. The van der Waals surface area contributed by atoms with Crippen LogP contribution in [0.4, 0.5) is 10.5 Å². The third-order valence-corrected chi connectivity index (χ3v) is 5.05. The number of nitrogens with one attached hydrogen (secondary N) is 1. The van der Waals surface area contributed by atoms with Crippen LogP contribution in [0.5, 0.6) is 5.75 Å². The molecule has 0 spiro atoms. The number of benzene rings is 2. The highest BCUT2D eigenvalue weighted by molar-refractivity contribution is 6.39. The van der Waals surface area contributed by atoms with Gasteiger partial charge in [-0.1, -0.05) is 41.4 Å². The van der Waals surface area contributed by atoms with Crippen molar-refractivity contribution in [1.29, 1.82) is 0 Å². The van der Waals surface area contributed by atoms with E-state index >= 15 is 0 Å². The lowest BCUT2D eigenvalue weighted by atomic mass is 10.2. The van der Waals surface area contributed by atoms with Crippen LogP contribution in [0.1, 0.15) is 5.56 Å². The maximum absolute atomic E-state index is 12.5. The predicted molar refractivity (Wildman–Crippen MR) is 105 cm³/mol. The minimum absolute atomic E-state index is 0.177. The molecule has 0 unspecified atom stereocenters. The first-order chi connectivity index (χ1) is 12.6. The molecule has 7 heteroatoms. The predicted octanol–water partition coefficient (Wildman–Crippen LogP) is 4.35. The van der Waals surface area contributed by atoms with Crippen molar-refractivity contribution in [2.75, 3.05) is 38.6 Å². The maximum Gasteiger partial charge on any atom is 0.322 e. The zero-order valence-electron chi connectivity index (χ0n) is 14.5. The van der Waals surface area contributed by atoms with Gasteiger partial charge in [0.25, 0.3) is 0 Å². The van der Waals surface area contributed by atoms with Crippen LogP contribution in [0.15, 0.2) is 42.5 Å². The summed E-state index contributed by atoms with van der Waals surface area (Å²) >= 11 is 12.2. The van der Waals surface area contributed by atoms with E-state index in [0.29, 0.717) is 28.8 Å². The number of methoxy groups -OCH3 is 1. The SMILES string of the molecule is COc1ccc(CN2CCN(C(=O)Nc3c(Cl)cccc3Cl)CC2)cc1. The molecule has 1 aliphatic rings. The number of nitrogens with zero attached hydrogens (tertiary/aromatic N) is 2. The fourth-order valence-electron chi connectivity index (χ4n) is 2.90. The van der Waals surface area contributed by atoms with Crippen LogP contribution in [0, 0.1) is 0 Å². The van der Waals surface area contributed by atoms with E-state index in [0.717, 1.165) is 25.4 Å². The van der Waals surface area contributed by atoms with E-state index < -0.39 is 0 Å². The van der Waals surface area contributed by atoms with Crippen molar-refractivity contribution >= 4 is 34.9 Å². The van der Waals surface area contributed by atoms with Crippen LogP contribution in [-0.4, -0.2) is 49.1 Å². The molecule has 1 aliphatic heterocycles. The third kappa shape index (κ3) is 4.61. The fraction of sp³-hybridized carbons (Fsp3) is 0.316. The Labute approximate surface area is 163 Å². The molecule has 0 aliphatic carbocycles. The molecule has 1 saturated heterocycles. The zero-order chi connectivity index (χ0) is 18.5. The number of rotatable bonds is 4. The summed E-state index contributed by atoms with van der Waals surface area (Å²) in [7, 11) is 1.66. The number of halogens is 2. The van der Waals surface area contributed by atoms with Crippen LogP contribution in [0.25, 0.3) is 0 Å². The molecule has 0 bridgehead atoms. The van der Waals surface area contributed by atoms with Crippen molar-refractivity contribution in [3.63, 3.8) is 0 Å². The quantitative estimate of drug-likeness (QED) is 0.839. The molecule has 5 nitrogen and oxygen atoms in total. The number of hydrogen-bond donors (Lipinski definition) is 1. The van der Waals surface area contributed by atoms with Gasteiger partial charge in [-0.25, -0.2) is 4.79 Å². The lowest BCUT2D eigenvalue weighted by molar-refractivity contribution is 0.143. The summed E-state index contributed by atoms with van der Waals surface area (Å²) in [6.07, 6.45) is 0. The van der Waals surface area contributed by atoms with Gasteiger partial charge in [0.15, 0.2) is 0 Å². The molecule has 1 heterocycles. The molecular weight excluding hydrogens is 373 g/mol. The van der Waals surface area contributed by atoms with E-state index in [1.54, 1.807) is 30.2 Å². The number of urea groups is 1. The molecule has 2 aromatic carbocycles. The smallest absolute Gasteiger partial charge is 0.322 e. The van der Waals surface area contributed by atoms with Gasteiger partial charge < -0.3 is 15.0 Å². The third-order valence-electron chi connectivity index (χ3n) is 4.42. The number of amides is 2. The van der Waals surface area contributed by atoms with Crippen molar-refractivity contribution in [3.05, 3.63) is 58.1 Å². The van der Waals surface area contributed by atoms with E-state index in [2.05, 4.69) is 22.3 Å². The van der Waals surface area contributed by atoms with Crippen molar-refractivity contribution in [2.45, 2.75) is 6.54 Å². The second-order valence-corrected chi connectivity index (χ2v) is 6.95. The van der Waals surface area contributed by atoms with Gasteiger partial charge in [-0.15, -0.1) is 0 Å². The van der Waals surface area contributed by atoms with Gasteiger partial charge in [0.1, 0.15) is 5.75 Å². The summed E-state index contributed by atoms with van der Waals surface area (Å²) in [5.74, 6) is 0.855. The Balaban J connectivity index is 1.52. The van der Waals surface area contributed by atoms with Crippen LogP contribution in [-0.2, 0) is 6.54 Å². The van der Waals surface area contributed by atoms with Gasteiger partial charge in [0.2, 0.25) is 0 Å². The summed E-state index contributed by atoms with van der Waals surface area (Å²) < 4.78 is 5.18. The molecule has 2 aromatic rings. The van der Waals surface area contributed by atoms with Crippen molar-refractivity contribution in [1.82, 2.24) is 9.80 Å². The molecule has 0 radical (unpaired) electrons. The van der Waals surface area contributed by atoms with Crippen molar-refractivity contribution in [2.24, 2.45) is 0 Å². The summed E-state index contributed by atoms with van der Waals surface area (Å²) in [6, 6.07) is 13.0. The first kappa shape index (κ1) is 18.8. The van der Waals surface area contributed by atoms with E-state index in [9.17, 15) is 4.79 Å². The molecule has 0 atom stereocenters. The zero-order valence-corrected chi connectivity index (χ0v) is 16.1. The monoisotopic (exact) mass is 393 g/mol. The van der Waals surface area contributed by atoms with Gasteiger partial charge >= 0.3 is 6.03 Å². The van der Waals surface area contributed by atoms with Crippen LogP contribution in [0.3, 0.4) is 0 Å². The van der Waals surface area contributed by atoms with E-state index in [1.165, 1.54) is 5.56 Å². The van der Waals surface area contributed by atoms with E-state index in [1.807, 2.05) is 12.1 Å². The average Bonchev–Trinajstić information content (AvgIpc) is 2.66. The largest absolute Gasteiger partial charge is 0.497 e. The maximum atomic E-state index is 12.5. The highest BCUT2D eigenvalue weighted by Crippen LogP contribution is 2.30. The summed E-state index contributed by atoms with van der Waals surface area (Å²) in [5.41, 5.74) is 1.69. The van der Waals surface area contributed by atoms with Gasteiger partial charge in [0.05, 0.1) is 22.8 Å². The first-order valence-corrected chi connectivity index (χ1v) is 9.17. The number of piperazine rings is 1. The Bertz CT molecular complexity index is 740. The Morgan fingerprint density at radius 3 is 2.23 bits per heavy atom. The Morgan fingerprint density at radius 1 is 1.04 bits per heavy atom. The molecule has 0 aromatic heterocycles. The highest BCUT2D eigenvalue weighted by Gasteiger charge is 2.22. The Kier molecular flexibility index (Phi) is 6.25. The molecule has 1 N–H and O–H groups in total. The molecule has 1 fully saturated rings. The standard InChI is InChI=1S/C19H21Cl2N3O2/c1-26-15-7-5-14(6-8-15)13-23-9-11-24(12-10-23)19(25)22-18-16(20)3-2-4-17(18)21/h2-8H,9-13H2,1H3,(H,22,25). The van der Waals surface area contributed by atoms with E-state index in [4.69, 9.17) is 27.9 Å². The van der Waals surface area contributed by atoms with Crippen LogP contribution >= 0.6 is 23.2 Å². The number of carbonyl (C=O) groups excluding carboxylic acids is 1. The first-order valence-electron chi connectivity index (χ1n) is 8.42. The van der Waals surface area contributed by atoms with E-state index in [-0.39, 0.29) is 6.03 Å². The fourth-order valence-corrected chi connectivity index (χ4v) is 3.39. The minimum Gasteiger partial charge on any atom is -0.497 e. The lowest BCUT2D eigenvalue weighted by Gasteiger charge is -2.34. The number of ether oxygens (including phenoxy) is 1. The molecule has 138 valence electrons. The topological polar surface area (TPSA) is 44.8 Å². The lowest BCUT2D eigenvalue weighted by Crippen LogP contribution is -2.49. The summed E-state index contributed by atoms with van der Waals surface area (Å²) in [4.78, 5) is 16.6. The van der Waals surface area contributed by atoms with Crippen molar-refractivity contribution < 1.29 is 9.53 Å². The normalized spacial score (nSPS) is 15.0. The van der Waals surface area contributed by atoms with Crippen LogP contribution in [0.2, 0.25) is 10.0 Å². The number of carbonyl (C=O) groups is 1. The second kappa shape index (κ2) is 8.62. The molecule has 2 amide bonds. The summed E-state index contributed by atoms with van der Waals surface area (Å²) in [5, 5.41) is 3.68. The van der Waals surface area contributed by atoms with Gasteiger partial charge in [-0.05, 0) is 29.8 Å². The van der Waals surface area contributed by atoms with Gasteiger partial charge in [0, 0.05) is 32.7 Å². The van der Waals surface area contributed by atoms with Gasteiger partial charge in [-0.2, -0.15) is 0 Å². The number of para-hydroxylation sites is 1. The minimum atomic E-state index is -0.177. The second-order valence-electron chi connectivity index (χ2n) is 6.14. The Morgan fingerprint density at radius 2 is 1.65 bits per heavy atom. The summed E-state index contributed by atoms with van der Waals surface area (Å²) in [6.45, 7) is 3.80. The van der Waals surface area contributed by atoms with Crippen LogP contribution < -0.4 is 10.1 Å². The Hall–Kier alpha value is -1.95. The molecule has 3 rings (SSSR count). The highest BCUT2D eigenvalue weighted by atomic mass is 35.5. The average molecular weight is 394 g/mol. The van der Waals surface area contributed by atoms with Gasteiger partial charge in [-0.3, -0.25) is 4.90 Å². The molecule has 26 heavy (non-hydrogen) atoms.